The first-order valence-electron chi connectivity index (χ1n) is 5.64. The summed E-state index contributed by atoms with van der Waals surface area (Å²) in [4.78, 5) is 5.69. The summed E-state index contributed by atoms with van der Waals surface area (Å²) >= 11 is 1.87. The lowest BCUT2D eigenvalue weighted by molar-refractivity contribution is 0.888. The Balaban J connectivity index is 2.14. The van der Waals surface area contributed by atoms with Crippen molar-refractivity contribution in [2.24, 2.45) is 0 Å². The van der Waals surface area contributed by atoms with Crippen LogP contribution in [0.3, 0.4) is 0 Å². The van der Waals surface area contributed by atoms with Crippen molar-refractivity contribution >= 4 is 11.3 Å². The molecule has 2 aromatic heterocycles. The van der Waals surface area contributed by atoms with Gasteiger partial charge in [0.15, 0.2) is 0 Å². The van der Waals surface area contributed by atoms with Gasteiger partial charge < -0.3 is 0 Å². The molecule has 0 aliphatic carbocycles. The number of aromatic nitrogens is 1. The predicted molar refractivity (Wildman–Crippen MR) is 70.2 cm³/mol. The number of thiophene rings is 1. The maximum Gasteiger partial charge on any atom is 0.0375 e. The summed E-state index contributed by atoms with van der Waals surface area (Å²) in [7, 11) is 0. The van der Waals surface area contributed by atoms with Crippen LogP contribution in [0.5, 0.6) is 0 Å². The number of hydrogen-bond donors (Lipinski definition) is 0. The van der Waals surface area contributed by atoms with Gasteiger partial charge in [-0.1, -0.05) is 13.8 Å². The van der Waals surface area contributed by atoms with Crippen LogP contribution < -0.4 is 0 Å². The van der Waals surface area contributed by atoms with Crippen molar-refractivity contribution in [1.29, 1.82) is 0 Å². The lowest BCUT2D eigenvalue weighted by Crippen LogP contribution is -1.89. The first-order valence-corrected chi connectivity index (χ1v) is 6.52. The predicted octanol–water partition coefficient (Wildman–Crippen LogP) is 4.17. The van der Waals surface area contributed by atoms with Gasteiger partial charge >= 0.3 is 0 Å². The van der Waals surface area contributed by atoms with Crippen molar-refractivity contribution in [3.8, 4) is 0 Å². The van der Waals surface area contributed by atoms with E-state index < -0.39 is 0 Å². The van der Waals surface area contributed by atoms with Crippen molar-refractivity contribution < 1.29 is 0 Å². The average Bonchev–Trinajstić information content (AvgIpc) is 2.66. The van der Waals surface area contributed by atoms with Crippen molar-refractivity contribution in [2.75, 3.05) is 0 Å². The first kappa shape index (κ1) is 11.3. The molecule has 2 heteroatoms. The first-order chi connectivity index (χ1) is 7.65. The molecule has 0 fully saturated rings. The van der Waals surface area contributed by atoms with E-state index in [1.165, 1.54) is 16.0 Å². The molecule has 0 unspecified atom stereocenters. The highest BCUT2D eigenvalue weighted by atomic mass is 32.1. The van der Waals surface area contributed by atoms with Gasteiger partial charge in [0, 0.05) is 16.8 Å². The van der Waals surface area contributed by atoms with Crippen LogP contribution in [-0.4, -0.2) is 4.98 Å². The van der Waals surface area contributed by atoms with Gasteiger partial charge in [-0.2, -0.15) is 0 Å². The molecule has 0 aromatic carbocycles. The Morgan fingerprint density at radius 3 is 2.69 bits per heavy atom. The minimum atomic E-state index is 0.637. The topological polar surface area (TPSA) is 12.9 Å². The van der Waals surface area contributed by atoms with E-state index in [-0.39, 0.29) is 0 Å². The van der Waals surface area contributed by atoms with Gasteiger partial charge in [0.05, 0.1) is 0 Å². The molecular weight excluding hydrogens is 214 g/mol. The summed E-state index contributed by atoms with van der Waals surface area (Å²) in [5.74, 6) is 0.637. The summed E-state index contributed by atoms with van der Waals surface area (Å²) in [6.07, 6.45) is 2.91. The standard InChI is InChI=1S/C14H17NS/c1-10(2)14-8-13(9-16-14)7-12-4-5-15-11(3)6-12/h4-6,8-10H,7H2,1-3H3. The van der Waals surface area contributed by atoms with Gasteiger partial charge in [-0.25, -0.2) is 0 Å². The Morgan fingerprint density at radius 1 is 1.25 bits per heavy atom. The molecular formula is C14H17NS. The second-order valence-corrected chi connectivity index (χ2v) is 5.44. The largest absolute Gasteiger partial charge is 0.262 e. The molecule has 0 bridgehead atoms. The van der Waals surface area contributed by atoms with E-state index in [0.717, 1.165) is 12.1 Å². The molecule has 0 saturated carbocycles. The van der Waals surface area contributed by atoms with Crippen LogP contribution in [0.2, 0.25) is 0 Å². The molecule has 0 aliphatic rings. The Bertz CT molecular complexity index is 471. The Morgan fingerprint density at radius 2 is 2.06 bits per heavy atom. The van der Waals surface area contributed by atoms with Crippen LogP contribution in [0.1, 0.15) is 41.5 Å². The smallest absolute Gasteiger partial charge is 0.0375 e. The van der Waals surface area contributed by atoms with E-state index in [1.54, 1.807) is 0 Å². The second kappa shape index (κ2) is 4.79. The molecule has 2 heterocycles. The molecule has 2 rings (SSSR count). The van der Waals surface area contributed by atoms with Gasteiger partial charge in [0.2, 0.25) is 0 Å². The molecule has 0 atom stereocenters. The number of aryl methyl sites for hydroxylation is 1. The van der Waals surface area contributed by atoms with E-state index in [0.29, 0.717) is 5.92 Å². The highest BCUT2D eigenvalue weighted by molar-refractivity contribution is 7.10. The van der Waals surface area contributed by atoms with Crippen LogP contribution >= 0.6 is 11.3 Å². The normalized spacial score (nSPS) is 11.0. The van der Waals surface area contributed by atoms with Crippen LogP contribution in [0.4, 0.5) is 0 Å². The van der Waals surface area contributed by atoms with Crippen molar-refractivity contribution in [3.05, 3.63) is 51.5 Å². The third-order valence-corrected chi connectivity index (χ3v) is 3.89. The highest BCUT2D eigenvalue weighted by Crippen LogP contribution is 2.24. The number of rotatable bonds is 3. The van der Waals surface area contributed by atoms with E-state index in [4.69, 9.17) is 0 Å². The van der Waals surface area contributed by atoms with Crippen LogP contribution in [0.25, 0.3) is 0 Å². The molecule has 0 saturated heterocycles. The van der Waals surface area contributed by atoms with Crippen LogP contribution in [-0.2, 0) is 6.42 Å². The van der Waals surface area contributed by atoms with Gasteiger partial charge in [0.25, 0.3) is 0 Å². The zero-order chi connectivity index (χ0) is 11.5. The fourth-order valence-electron chi connectivity index (χ4n) is 1.74. The molecule has 0 radical (unpaired) electrons. The van der Waals surface area contributed by atoms with E-state index >= 15 is 0 Å². The van der Waals surface area contributed by atoms with E-state index in [1.807, 2.05) is 24.5 Å². The SMILES string of the molecule is Cc1cc(Cc2csc(C(C)C)c2)ccn1. The Hall–Kier alpha value is -1.15. The van der Waals surface area contributed by atoms with Crippen LogP contribution in [0.15, 0.2) is 29.8 Å². The third kappa shape index (κ3) is 2.70. The number of pyridine rings is 1. The van der Waals surface area contributed by atoms with Gasteiger partial charge in [-0.3, -0.25) is 4.98 Å². The molecule has 16 heavy (non-hydrogen) atoms. The maximum atomic E-state index is 4.22. The Labute approximate surface area is 101 Å². The number of hydrogen-bond acceptors (Lipinski definition) is 2. The van der Waals surface area contributed by atoms with Gasteiger partial charge in [0.1, 0.15) is 0 Å². The van der Waals surface area contributed by atoms with Crippen molar-refractivity contribution in [3.63, 3.8) is 0 Å². The third-order valence-electron chi connectivity index (χ3n) is 2.61. The van der Waals surface area contributed by atoms with Crippen molar-refractivity contribution in [2.45, 2.75) is 33.1 Å². The van der Waals surface area contributed by atoms with E-state index in [9.17, 15) is 0 Å². The molecule has 2 aromatic rings. The zero-order valence-corrected chi connectivity index (χ0v) is 10.8. The Kier molecular flexibility index (Phi) is 3.39. The second-order valence-electron chi connectivity index (χ2n) is 4.49. The summed E-state index contributed by atoms with van der Waals surface area (Å²) in [6, 6.07) is 6.58. The van der Waals surface area contributed by atoms with Gasteiger partial charge in [-0.05, 0) is 54.0 Å². The molecule has 84 valence electrons. The summed E-state index contributed by atoms with van der Waals surface area (Å²) in [5.41, 5.74) is 3.86. The highest BCUT2D eigenvalue weighted by Gasteiger charge is 2.04. The molecule has 0 N–H and O–H groups in total. The summed E-state index contributed by atoms with van der Waals surface area (Å²) < 4.78 is 0. The number of nitrogens with zero attached hydrogens (tertiary/aromatic N) is 1. The minimum absolute atomic E-state index is 0.637. The van der Waals surface area contributed by atoms with Gasteiger partial charge in [-0.15, -0.1) is 11.3 Å². The average molecular weight is 231 g/mol. The monoisotopic (exact) mass is 231 g/mol. The quantitative estimate of drug-likeness (QED) is 0.772. The van der Waals surface area contributed by atoms with Crippen molar-refractivity contribution in [1.82, 2.24) is 4.98 Å². The molecule has 0 amide bonds. The maximum absolute atomic E-state index is 4.22. The lowest BCUT2D eigenvalue weighted by atomic mass is 10.1. The summed E-state index contributed by atoms with van der Waals surface area (Å²) in [5, 5.41) is 2.27. The molecule has 0 aliphatic heterocycles. The van der Waals surface area contributed by atoms with Crippen LogP contribution in [0, 0.1) is 6.92 Å². The molecule has 1 nitrogen and oxygen atoms in total. The minimum Gasteiger partial charge on any atom is -0.262 e. The fourth-order valence-corrected chi connectivity index (χ4v) is 2.67. The van der Waals surface area contributed by atoms with E-state index in [2.05, 4.69) is 42.4 Å². The zero-order valence-electron chi connectivity index (χ0n) is 10.0. The summed E-state index contributed by atoms with van der Waals surface area (Å²) in [6.45, 7) is 6.52. The molecule has 0 spiro atoms. The lowest BCUT2D eigenvalue weighted by Gasteiger charge is -2.00. The fraction of sp³-hybridized carbons (Fsp3) is 0.357.